The predicted molar refractivity (Wildman–Crippen MR) is 88.4 cm³/mol. The van der Waals surface area contributed by atoms with Crippen molar-refractivity contribution in [2.24, 2.45) is 5.92 Å². The average Bonchev–Trinajstić information content (AvgIpc) is 2.31. The number of hydrogen-bond acceptors (Lipinski definition) is 3. The maximum absolute atomic E-state index is 12.2. The Morgan fingerprint density at radius 1 is 1.14 bits per heavy atom. The molecule has 1 aromatic carbocycles. The third-order valence-electron chi connectivity index (χ3n) is 3.78. The van der Waals surface area contributed by atoms with Crippen LogP contribution in [0, 0.1) is 19.8 Å². The van der Waals surface area contributed by atoms with Crippen molar-refractivity contribution in [3.05, 3.63) is 34.4 Å². The van der Waals surface area contributed by atoms with Gasteiger partial charge in [-0.05, 0) is 47.4 Å². The molecule has 1 rings (SSSR count). The third kappa shape index (κ3) is 5.11. The number of benzene rings is 1. The molecule has 120 valence electrons. The molecule has 0 amide bonds. The highest BCUT2D eigenvalue weighted by molar-refractivity contribution is 7.90. The van der Waals surface area contributed by atoms with Crippen molar-refractivity contribution >= 4 is 9.84 Å². The van der Waals surface area contributed by atoms with Gasteiger partial charge in [0.25, 0.3) is 0 Å². The maximum Gasteiger partial charge on any atom is 0.154 e. The van der Waals surface area contributed by atoms with Gasteiger partial charge < -0.3 is 5.11 Å². The van der Waals surface area contributed by atoms with Crippen LogP contribution in [0.4, 0.5) is 0 Å². The van der Waals surface area contributed by atoms with Gasteiger partial charge in [0.2, 0.25) is 0 Å². The van der Waals surface area contributed by atoms with E-state index in [0.29, 0.717) is 0 Å². The van der Waals surface area contributed by atoms with Crippen molar-refractivity contribution in [1.82, 2.24) is 0 Å². The fourth-order valence-corrected chi connectivity index (χ4v) is 4.40. The van der Waals surface area contributed by atoms with E-state index in [0.717, 1.165) is 16.7 Å². The number of sulfone groups is 1. The van der Waals surface area contributed by atoms with Crippen molar-refractivity contribution in [2.45, 2.75) is 52.7 Å². The Balaban J connectivity index is 3.11. The summed E-state index contributed by atoms with van der Waals surface area (Å²) in [6, 6.07) is 4.18. The number of rotatable bonds is 5. The highest BCUT2D eigenvalue weighted by atomic mass is 32.2. The molecule has 0 radical (unpaired) electrons. The first kappa shape index (κ1) is 18.2. The molecule has 0 aliphatic heterocycles. The van der Waals surface area contributed by atoms with Crippen LogP contribution in [-0.2, 0) is 21.0 Å². The van der Waals surface area contributed by atoms with Crippen LogP contribution in [0.1, 0.15) is 49.9 Å². The fourth-order valence-electron chi connectivity index (χ4n) is 2.42. The van der Waals surface area contributed by atoms with Crippen molar-refractivity contribution in [3.63, 3.8) is 0 Å². The number of aryl methyl sites for hydroxylation is 2. The first-order chi connectivity index (χ1) is 9.46. The second-order valence-corrected chi connectivity index (χ2v) is 9.29. The van der Waals surface area contributed by atoms with Gasteiger partial charge in [-0.25, -0.2) is 8.42 Å². The third-order valence-corrected chi connectivity index (χ3v) is 5.58. The summed E-state index contributed by atoms with van der Waals surface area (Å²) in [6.07, 6.45) is 0. The summed E-state index contributed by atoms with van der Waals surface area (Å²) < 4.78 is 24.5. The van der Waals surface area contributed by atoms with E-state index >= 15 is 0 Å². The topological polar surface area (TPSA) is 54.4 Å². The molecule has 0 aliphatic carbocycles. The molecule has 0 saturated carbocycles. The quantitative estimate of drug-likeness (QED) is 0.908. The van der Waals surface area contributed by atoms with Crippen LogP contribution in [0.25, 0.3) is 0 Å². The Morgan fingerprint density at radius 2 is 1.62 bits per heavy atom. The second-order valence-electron chi connectivity index (χ2n) is 7.18. The van der Waals surface area contributed by atoms with E-state index in [1.807, 2.05) is 13.8 Å². The van der Waals surface area contributed by atoms with E-state index in [2.05, 4.69) is 32.9 Å². The summed E-state index contributed by atoms with van der Waals surface area (Å²) in [4.78, 5) is 0. The lowest BCUT2D eigenvalue weighted by Crippen LogP contribution is -2.19. The molecule has 21 heavy (non-hydrogen) atoms. The summed E-state index contributed by atoms with van der Waals surface area (Å²) in [6.45, 7) is 12.1. The predicted octanol–water partition coefficient (Wildman–Crippen LogP) is 3.14. The van der Waals surface area contributed by atoms with E-state index < -0.39 is 9.84 Å². The van der Waals surface area contributed by atoms with Gasteiger partial charge in [-0.1, -0.05) is 39.8 Å². The van der Waals surface area contributed by atoms with Crippen LogP contribution in [0.3, 0.4) is 0 Å². The van der Waals surface area contributed by atoms with E-state index in [9.17, 15) is 8.42 Å². The van der Waals surface area contributed by atoms with Crippen LogP contribution in [0.15, 0.2) is 12.1 Å². The molecule has 1 N–H and O–H groups in total. The highest BCUT2D eigenvalue weighted by Gasteiger charge is 2.21. The first-order valence-electron chi connectivity index (χ1n) is 7.38. The highest BCUT2D eigenvalue weighted by Crippen LogP contribution is 2.28. The van der Waals surface area contributed by atoms with Gasteiger partial charge in [0.05, 0.1) is 11.5 Å². The summed E-state index contributed by atoms with van der Waals surface area (Å²) >= 11 is 0. The minimum absolute atomic E-state index is 0.0312. The van der Waals surface area contributed by atoms with Gasteiger partial charge in [-0.2, -0.15) is 0 Å². The summed E-state index contributed by atoms with van der Waals surface area (Å²) in [5.74, 6) is -0.132. The Bertz CT molecular complexity index is 572. The fraction of sp³-hybridized carbons (Fsp3) is 0.647. The molecule has 3 nitrogen and oxygen atoms in total. The Hall–Kier alpha value is -0.870. The van der Waals surface area contributed by atoms with Crippen molar-refractivity contribution in [3.8, 4) is 0 Å². The summed E-state index contributed by atoms with van der Waals surface area (Å²) in [5, 5.41) is 9.03. The smallest absolute Gasteiger partial charge is 0.154 e. The standard InChI is InChI=1S/C17H28O3S/c1-12(9-18)10-21(19,20)11-16-13(2)7-15(8-14(16)3)17(4,5)6/h7-8,12,18H,9-11H2,1-6H3. The molecule has 1 aromatic rings. The minimum Gasteiger partial charge on any atom is -0.396 e. The van der Waals surface area contributed by atoms with Gasteiger partial charge in [-0.15, -0.1) is 0 Å². The monoisotopic (exact) mass is 312 g/mol. The second kappa shape index (κ2) is 6.49. The molecule has 0 fully saturated rings. The molecule has 4 heteroatoms. The van der Waals surface area contributed by atoms with Gasteiger partial charge >= 0.3 is 0 Å². The molecular formula is C17H28O3S. The van der Waals surface area contributed by atoms with Gasteiger partial charge in [0, 0.05) is 6.61 Å². The lowest BCUT2D eigenvalue weighted by atomic mass is 9.84. The summed E-state index contributed by atoms with van der Waals surface area (Å²) in [5.41, 5.74) is 4.23. The zero-order valence-corrected chi connectivity index (χ0v) is 14.8. The van der Waals surface area contributed by atoms with Gasteiger partial charge in [0.1, 0.15) is 0 Å². The average molecular weight is 312 g/mol. The van der Waals surface area contributed by atoms with E-state index in [1.54, 1.807) is 6.92 Å². The molecule has 1 unspecified atom stereocenters. The normalized spacial score (nSPS) is 14.2. The Kier molecular flexibility index (Phi) is 5.62. The van der Waals surface area contributed by atoms with E-state index in [4.69, 9.17) is 5.11 Å². The number of hydrogen-bond donors (Lipinski definition) is 1. The molecule has 0 spiro atoms. The maximum atomic E-state index is 12.2. The zero-order valence-electron chi connectivity index (χ0n) is 14.0. The Labute approximate surface area is 129 Å². The van der Waals surface area contributed by atoms with E-state index in [-0.39, 0.29) is 29.4 Å². The SMILES string of the molecule is Cc1cc(C(C)(C)C)cc(C)c1CS(=O)(=O)CC(C)CO. The van der Waals surface area contributed by atoms with Gasteiger partial charge in [-0.3, -0.25) is 0 Å². The van der Waals surface area contributed by atoms with Crippen LogP contribution in [-0.4, -0.2) is 25.9 Å². The van der Waals surface area contributed by atoms with Crippen molar-refractivity contribution in [1.29, 1.82) is 0 Å². The number of aliphatic hydroxyl groups is 1. The molecular weight excluding hydrogens is 284 g/mol. The van der Waals surface area contributed by atoms with Crippen molar-refractivity contribution < 1.29 is 13.5 Å². The Morgan fingerprint density at radius 3 is 2.00 bits per heavy atom. The lowest BCUT2D eigenvalue weighted by Gasteiger charge is -2.22. The summed E-state index contributed by atoms with van der Waals surface area (Å²) in [7, 11) is -3.20. The van der Waals surface area contributed by atoms with Gasteiger partial charge in [0.15, 0.2) is 9.84 Å². The van der Waals surface area contributed by atoms with E-state index in [1.165, 1.54) is 5.56 Å². The number of aliphatic hydroxyl groups excluding tert-OH is 1. The van der Waals surface area contributed by atoms with Crippen LogP contribution in [0.5, 0.6) is 0 Å². The first-order valence-corrected chi connectivity index (χ1v) is 9.20. The zero-order chi connectivity index (χ0) is 16.4. The molecule has 0 aromatic heterocycles. The molecule has 0 bridgehead atoms. The van der Waals surface area contributed by atoms with Crippen LogP contribution in [0.2, 0.25) is 0 Å². The van der Waals surface area contributed by atoms with Crippen molar-refractivity contribution in [2.75, 3.05) is 12.4 Å². The minimum atomic E-state index is -3.20. The molecule has 0 aliphatic rings. The lowest BCUT2D eigenvalue weighted by molar-refractivity contribution is 0.249. The largest absolute Gasteiger partial charge is 0.396 e. The molecule has 1 atom stereocenters. The van der Waals surface area contributed by atoms with Crippen LogP contribution < -0.4 is 0 Å². The molecule has 0 saturated heterocycles. The molecule has 0 heterocycles. The van der Waals surface area contributed by atoms with Crippen LogP contribution >= 0.6 is 0 Å².